The molecule has 5 nitrogen and oxygen atoms in total. The maximum Gasteiger partial charge on any atom is 0.255 e. The van der Waals surface area contributed by atoms with Crippen molar-refractivity contribution in [1.29, 1.82) is 0 Å². The number of nitrogens with one attached hydrogen (secondary N) is 1. The number of rotatable bonds is 1. The molecule has 2 rings (SSSR count). The predicted molar refractivity (Wildman–Crippen MR) is 51.0 cm³/mol. The van der Waals surface area contributed by atoms with E-state index in [0.717, 1.165) is 11.4 Å². The third-order valence-corrected chi connectivity index (χ3v) is 2.73. The zero-order valence-corrected chi connectivity index (χ0v) is 8.40. The van der Waals surface area contributed by atoms with Crippen LogP contribution in [-0.4, -0.2) is 22.7 Å². The maximum absolute atomic E-state index is 11.7. The third-order valence-electron chi connectivity index (χ3n) is 2.73. The standard InChI is InChI=1S/C10H12N2O3/c1-6(13)11-12-9(14)7-4-2-3-5-8(7)10(12)15/h2,4,7-8H,3,5H2,1H3,(H,11,13). The summed E-state index contributed by atoms with van der Waals surface area (Å²) in [6.45, 7) is 1.28. The van der Waals surface area contributed by atoms with E-state index in [9.17, 15) is 14.4 Å². The van der Waals surface area contributed by atoms with Crippen LogP contribution in [0.3, 0.4) is 0 Å². The van der Waals surface area contributed by atoms with Gasteiger partial charge >= 0.3 is 0 Å². The molecule has 0 saturated carbocycles. The lowest BCUT2D eigenvalue weighted by molar-refractivity contribution is -0.148. The normalized spacial score (nSPS) is 29.3. The van der Waals surface area contributed by atoms with Gasteiger partial charge in [0.15, 0.2) is 0 Å². The second kappa shape index (κ2) is 3.49. The van der Waals surface area contributed by atoms with E-state index in [0.29, 0.717) is 6.42 Å². The van der Waals surface area contributed by atoms with Crippen molar-refractivity contribution in [2.45, 2.75) is 19.8 Å². The SMILES string of the molecule is CC(=O)NN1C(=O)C2C=CCCC2C1=O. The van der Waals surface area contributed by atoms with Crippen LogP contribution in [-0.2, 0) is 14.4 Å². The van der Waals surface area contributed by atoms with Gasteiger partial charge in [-0.05, 0) is 12.8 Å². The molecule has 3 amide bonds. The fourth-order valence-corrected chi connectivity index (χ4v) is 2.05. The zero-order valence-electron chi connectivity index (χ0n) is 8.40. The van der Waals surface area contributed by atoms with Gasteiger partial charge in [0.1, 0.15) is 0 Å². The highest BCUT2D eigenvalue weighted by atomic mass is 16.2. The molecule has 0 aromatic rings. The van der Waals surface area contributed by atoms with E-state index < -0.39 is 5.91 Å². The monoisotopic (exact) mass is 208 g/mol. The van der Waals surface area contributed by atoms with E-state index in [1.165, 1.54) is 6.92 Å². The van der Waals surface area contributed by atoms with E-state index in [4.69, 9.17) is 0 Å². The highest BCUT2D eigenvalue weighted by Crippen LogP contribution is 2.33. The van der Waals surface area contributed by atoms with Gasteiger partial charge in [0.25, 0.3) is 11.8 Å². The number of fused-ring (bicyclic) bond motifs is 1. The molecule has 0 aromatic heterocycles. The molecular weight excluding hydrogens is 196 g/mol. The fourth-order valence-electron chi connectivity index (χ4n) is 2.05. The van der Waals surface area contributed by atoms with Crippen LogP contribution in [0.25, 0.3) is 0 Å². The topological polar surface area (TPSA) is 66.5 Å². The summed E-state index contributed by atoms with van der Waals surface area (Å²) in [5.74, 6) is -1.67. The zero-order chi connectivity index (χ0) is 11.0. The molecule has 80 valence electrons. The number of carbonyl (C=O) groups is 3. The number of nitrogens with zero attached hydrogens (tertiary/aromatic N) is 1. The van der Waals surface area contributed by atoms with E-state index in [2.05, 4.69) is 5.43 Å². The first-order valence-corrected chi connectivity index (χ1v) is 4.93. The van der Waals surface area contributed by atoms with Crippen LogP contribution >= 0.6 is 0 Å². The summed E-state index contributed by atoms with van der Waals surface area (Å²) in [6.07, 6.45) is 5.16. The Bertz CT molecular complexity index is 362. The smallest absolute Gasteiger partial charge is 0.255 e. The Morgan fingerprint density at radius 1 is 1.47 bits per heavy atom. The number of imide groups is 1. The first kappa shape index (κ1) is 9.89. The van der Waals surface area contributed by atoms with Crippen molar-refractivity contribution in [3.8, 4) is 0 Å². The van der Waals surface area contributed by atoms with Gasteiger partial charge < -0.3 is 0 Å². The molecule has 1 saturated heterocycles. The molecular formula is C10H12N2O3. The van der Waals surface area contributed by atoms with Gasteiger partial charge in [0.2, 0.25) is 5.91 Å². The van der Waals surface area contributed by atoms with Crippen LogP contribution in [0.15, 0.2) is 12.2 Å². The Morgan fingerprint density at radius 2 is 2.20 bits per heavy atom. The summed E-state index contributed by atoms with van der Waals surface area (Å²) in [4.78, 5) is 34.3. The van der Waals surface area contributed by atoms with E-state index in [1.807, 2.05) is 6.08 Å². The molecule has 0 bridgehead atoms. The van der Waals surface area contributed by atoms with Crippen molar-refractivity contribution in [2.24, 2.45) is 11.8 Å². The minimum Gasteiger partial charge on any atom is -0.274 e. The van der Waals surface area contributed by atoms with Gasteiger partial charge in [-0.1, -0.05) is 12.2 Å². The van der Waals surface area contributed by atoms with Crippen molar-refractivity contribution in [2.75, 3.05) is 0 Å². The van der Waals surface area contributed by atoms with Crippen molar-refractivity contribution in [1.82, 2.24) is 10.4 Å². The summed E-state index contributed by atoms with van der Waals surface area (Å²) in [5.41, 5.74) is 2.26. The fraction of sp³-hybridized carbons (Fsp3) is 0.500. The second-order valence-corrected chi connectivity index (χ2v) is 3.82. The Morgan fingerprint density at radius 3 is 2.80 bits per heavy atom. The third kappa shape index (κ3) is 1.54. The number of hydrogen-bond acceptors (Lipinski definition) is 3. The molecule has 0 spiro atoms. The minimum atomic E-state index is -0.403. The van der Waals surface area contributed by atoms with E-state index >= 15 is 0 Å². The van der Waals surface area contributed by atoms with Gasteiger partial charge in [-0.15, -0.1) is 0 Å². The average Bonchev–Trinajstić information content (AvgIpc) is 2.44. The summed E-state index contributed by atoms with van der Waals surface area (Å²) in [7, 11) is 0. The predicted octanol–water partition coefficient (Wildman–Crippen LogP) is -0.0113. The Labute approximate surface area is 87.1 Å². The summed E-state index contributed by atoms with van der Waals surface area (Å²) in [5, 5.41) is 0.854. The molecule has 2 atom stereocenters. The summed E-state index contributed by atoms with van der Waals surface area (Å²) < 4.78 is 0. The lowest BCUT2D eigenvalue weighted by Gasteiger charge is -2.14. The molecule has 0 radical (unpaired) electrons. The molecule has 5 heteroatoms. The molecule has 15 heavy (non-hydrogen) atoms. The van der Waals surface area contributed by atoms with Crippen LogP contribution < -0.4 is 5.43 Å². The number of amides is 3. The molecule has 1 fully saturated rings. The Kier molecular flexibility index (Phi) is 2.30. The molecule has 1 N–H and O–H groups in total. The van der Waals surface area contributed by atoms with Crippen molar-refractivity contribution in [3.05, 3.63) is 12.2 Å². The van der Waals surface area contributed by atoms with Crippen molar-refractivity contribution >= 4 is 17.7 Å². The highest BCUT2D eigenvalue weighted by molar-refractivity contribution is 6.06. The van der Waals surface area contributed by atoms with E-state index in [1.54, 1.807) is 6.08 Å². The number of hydrazine groups is 1. The Balaban J connectivity index is 2.23. The molecule has 0 aromatic carbocycles. The van der Waals surface area contributed by atoms with Crippen LogP contribution in [0.1, 0.15) is 19.8 Å². The van der Waals surface area contributed by atoms with Crippen molar-refractivity contribution < 1.29 is 14.4 Å². The highest BCUT2D eigenvalue weighted by Gasteiger charge is 2.47. The second-order valence-electron chi connectivity index (χ2n) is 3.82. The van der Waals surface area contributed by atoms with Gasteiger partial charge in [-0.3, -0.25) is 19.8 Å². The summed E-state index contributed by atoms with van der Waals surface area (Å²) >= 11 is 0. The van der Waals surface area contributed by atoms with Crippen LogP contribution in [0, 0.1) is 11.8 Å². The molecule has 2 unspecified atom stereocenters. The first-order valence-electron chi connectivity index (χ1n) is 4.93. The molecule has 2 aliphatic rings. The van der Waals surface area contributed by atoms with E-state index in [-0.39, 0.29) is 23.7 Å². The Hall–Kier alpha value is -1.65. The average molecular weight is 208 g/mol. The van der Waals surface area contributed by atoms with Crippen LogP contribution in [0.5, 0.6) is 0 Å². The first-order chi connectivity index (χ1) is 7.11. The molecule has 1 heterocycles. The van der Waals surface area contributed by atoms with Gasteiger partial charge in [-0.2, -0.15) is 5.01 Å². The number of carbonyl (C=O) groups excluding carboxylic acids is 3. The van der Waals surface area contributed by atoms with Crippen LogP contribution in [0.4, 0.5) is 0 Å². The lowest BCUT2D eigenvalue weighted by Crippen LogP contribution is -2.45. The van der Waals surface area contributed by atoms with Gasteiger partial charge in [0.05, 0.1) is 11.8 Å². The molecule has 1 aliphatic heterocycles. The summed E-state index contributed by atoms with van der Waals surface area (Å²) in [6, 6.07) is 0. The minimum absolute atomic E-state index is 0.283. The van der Waals surface area contributed by atoms with Crippen LogP contribution in [0.2, 0.25) is 0 Å². The lowest BCUT2D eigenvalue weighted by atomic mass is 9.86. The largest absolute Gasteiger partial charge is 0.274 e. The van der Waals surface area contributed by atoms with Gasteiger partial charge in [-0.25, -0.2) is 0 Å². The maximum atomic E-state index is 11.7. The number of hydrogen-bond donors (Lipinski definition) is 1. The van der Waals surface area contributed by atoms with Crippen molar-refractivity contribution in [3.63, 3.8) is 0 Å². The van der Waals surface area contributed by atoms with Gasteiger partial charge in [0, 0.05) is 6.92 Å². The quantitative estimate of drug-likeness (QED) is 0.487. The number of allylic oxidation sites excluding steroid dienone is 1. The molecule has 1 aliphatic carbocycles.